The van der Waals surface area contributed by atoms with Crippen LogP contribution in [0.25, 0.3) is 0 Å². The van der Waals surface area contributed by atoms with Crippen LogP contribution in [0.15, 0.2) is 21.8 Å². The van der Waals surface area contributed by atoms with Gasteiger partial charge >= 0.3 is 0 Å². The van der Waals surface area contributed by atoms with Crippen molar-refractivity contribution in [2.75, 3.05) is 7.11 Å². The van der Waals surface area contributed by atoms with Gasteiger partial charge in [0.25, 0.3) is 0 Å². The lowest BCUT2D eigenvalue weighted by Gasteiger charge is -2.06. The van der Waals surface area contributed by atoms with Crippen molar-refractivity contribution in [1.82, 2.24) is 0 Å². The zero-order valence-corrected chi connectivity index (χ0v) is 8.47. The second kappa shape index (κ2) is 4.32. The largest absolute Gasteiger partial charge is 0.494 e. The number of nitrogens with zero attached hydrogens (tertiary/aromatic N) is 1. The minimum Gasteiger partial charge on any atom is -0.494 e. The second-order valence-corrected chi connectivity index (χ2v) is 3.18. The molecule has 0 radical (unpaired) electrons. The maximum Gasteiger partial charge on any atom is 0.171 e. The fraction of sp³-hybridized carbons (Fsp3) is 0.250. The summed E-state index contributed by atoms with van der Waals surface area (Å²) in [4.78, 5) is 10.0. The highest BCUT2D eigenvalue weighted by atomic mass is 79.9. The topological polar surface area (TPSA) is 38.7 Å². The molecule has 0 N–H and O–H groups in total. The van der Waals surface area contributed by atoms with Crippen LogP contribution >= 0.6 is 15.9 Å². The van der Waals surface area contributed by atoms with Gasteiger partial charge in [0.15, 0.2) is 11.6 Å². The number of halogens is 2. The Morgan fingerprint density at radius 3 is 2.85 bits per heavy atom. The Bertz CT molecular complexity index is 330. The van der Waals surface area contributed by atoms with E-state index in [-0.39, 0.29) is 17.9 Å². The van der Waals surface area contributed by atoms with E-state index in [0.717, 1.165) is 0 Å². The first kappa shape index (κ1) is 10.1. The molecule has 0 unspecified atom stereocenters. The number of hydrogen-bond donors (Lipinski definition) is 0. The Morgan fingerprint density at radius 2 is 2.31 bits per heavy atom. The third kappa shape index (κ3) is 2.03. The molecule has 0 bridgehead atoms. The first-order valence-corrected chi connectivity index (χ1v) is 4.30. The van der Waals surface area contributed by atoms with Crippen molar-refractivity contribution in [1.29, 1.82) is 0 Å². The van der Waals surface area contributed by atoms with Gasteiger partial charge in [-0.05, 0) is 12.1 Å². The zero-order chi connectivity index (χ0) is 9.84. The molecule has 0 saturated heterocycles. The van der Waals surface area contributed by atoms with Crippen LogP contribution in [0.3, 0.4) is 0 Å². The summed E-state index contributed by atoms with van der Waals surface area (Å²) in [6.45, 7) is -0.205. The molecular weight excluding hydrogens is 241 g/mol. The maximum atomic E-state index is 13.4. The Morgan fingerprint density at radius 1 is 1.62 bits per heavy atom. The van der Waals surface area contributed by atoms with Gasteiger partial charge in [-0.15, -0.1) is 0 Å². The molecule has 0 heterocycles. The SMILES string of the molecule is COc1ccc(Br)c(CN=O)c1F. The van der Waals surface area contributed by atoms with E-state index in [1.807, 2.05) is 0 Å². The normalized spacial score (nSPS) is 9.77. The summed E-state index contributed by atoms with van der Waals surface area (Å²) < 4.78 is 18.6. The van der Waals surface area contributed by atoms with E-state index in [1.54, 1.807) is 6.07 Å². The molecule has 0 aliphatic rings. The average molecular weight is 248 g/mol. The van der Waals surface area contributed by atoms with Crippen molar-refractivity contribution in [2.45, 2.75) is 6.54 Å². The standard InChI is InChI=1S/C8H7BrFNO2/c1-13-7-3-2-6(9)5(4-11-12)8(7)10/h2-3H,4H2,1H3. The lowest BCUT2D eigenvalue weighted by atomic mass is 10.2. The molecule has 1 rings (SSSR count). The van der Waals surface area contributed by atoms with Crippen molar-refractivity contribution in [3.63, 3.8) is 0 Å². The quantitative estimate of drug-likeness (QED) is 0.771. The van der Waals surface area contributed by atoms with E-state index in [9.17, 15) is 9.30 Å². The van der Waals surface area contributed by atoms with Crippen molar-refractivity contribution < 1.29 is 9.13 Å². The zero-order valence-electron chi connectivity index (χ0n) is 6.88. The Balaban J connectivity index is 3.20. The highest BCUT2D eigenvalue weighted by Gasteiger charge is 2.12. The first-order chi connectivity index (χ1) is 6.20. The van der Waals surface area contributed by atoms with Gasteiger partial charge in [0.05, 0.1) is 7.11 Å². The number of nitroso groups, excluding NO2 is 1. The van der Waals surface area contributed by atoms with E-state index in [2.05, 4.69) is 21.1 Å². The van der Waals surface area contributed by atoms with E-state index < -0.39 is 5.82 Å². The van der Waals surface area contributed by atoms with Crippen molar-refractivity contribution >= 4 is 15.9 Å². The van der Waals surface area contributed by atoms with E-state index >= 15 is 0 Å². The maximum absolute atomic E-state index is 13.4. The summed E-state index contributed by atoms with van der Waals surface area (Å²) in [7, 11) is 1.37. The van der Waals surface area contributed by atoms with Crippen LogP contribution in [0.1, 0.15) is 5.56 Å². The van der Waals surface area contributed by atoms with Crippen molar-refractivity contribution in [3.8, 4) is 5.75 Å². The Kier molecular flexibility index (Phi) is 3.36. The Labute approximate surface area is 83.0 Å². The number of hydrogen-bond acceptors (Lipinski definition) is 3. The number of rotatable bonds is 3. The van der Waals surface area contributed by atoms with Crippen LogP contribution in [0.2, 0.25) is 0 Å². The minimum absolute atomic E-state index is 0.113. The van der Waals surface area contributed by atoms with Gasteiger partial charge < -0.3 is 4.74 Å². The summed E-state index contributed by atoms with van der Waals surface area (Å²) in [5.74, 6) is -0.432. The lowest BCUT2D eigenvalue weighted by molar-refractivity contribution is 0.384. The molecule has 0 aromatic heterocycles. The molecule has 70 valence electrons. The predicted molar refractivity (Wildman–Crippen MR) is 50.2 cm³/mol. The number of benzene rings is 1. The second-order valence-electron chi connectivity index (χ2n) is 2.33. The molecule has 0 amide bonds. The molecule has 3 nitrogen and oxygen atoms in total. The van der Waals surface area contributed by atoms with E-state index in [4.69, 9.17) is 4.74 Å². The lowest BCUT2D eigenvalue weighted by Crippen LogP contribution is -1.95. The summed E-state index contributed by atoms with van der Waals surface area (Å²) in [6, 6.07) is 3.09. The van der Waals surface area contributed by atoms with E-state index in [1.165, 1.54) is 13.2 Å². The molecular formula is C8H7BrFNO2. The van der Waals surface area contributed by atoms with Gasteiger partial charge in [0.1, 0.15) is 6.54 Å². The molecule has 1 aromatic carbocycles. The number of ether oxygens (including phenoxy) is 1. The summed E-state index contributed by atoms with van der Waals surface area (Å²) in [6.07, 6.45) is 0. The van der Waals surface area contributed by atoms with Crippen LogP contribution in [0.4, 0.5) is 4.39 Å². The molecule has 0 atom stereocenters. The van der Waals surface area contributed by atoms with Gasteiger partial charge in [-0.25, -0.2) is 4.39 Å². The van der Waals surface area contributed by atoms with Gasteiger partial charge in [0.2, 0.25) is 0 Å². The van der Waals surface area contributed by atoms with Crippen LogP contribution < -0.4 is 4.74 Å². The molecule has 0 aliphatic heterocycles. The van der Waals surface area contributed by atoms with E-state index in [0.29, 0.717) is 4.47 Å². The molecule has 0 aliphatic carbocycles. The molecule has 0 fully saturated rings. The fourth-order valence-electron chi connectivity index (χ4n) is 0.943. The van der Waals surface area contributed by atoms with Crippen LogP contribution in [-0.4, -0.2) is 7.11 Å². The third-order valence-electron chi connectivity index (χ3n) is 1.59. The van der Waals surface area contributed by atoms with Crippen LogP contribution in [0.5, 0.6) is 5.75 Å². The molecule has 5 heteroatoms. The molecule has 1 aromatic rings. The molecule has 0 saturated carbocycles. The fourth-order valence-corrected chi connectivity index (χ4v) is 1.37. The number of methoxy groups -OCH3 is 1. The van der Waals surface area contributed by atoms with Gasteiger partial charge in [-0.2, -0.15) is 4.91 Å². The van der Waals surface area contributed by atoms with Gasteiger partial charge in [0, 0.05) is 10.0 Å². The smallest absolute Gasteiger partial charge is 0.171 e. The van der Waals surface area contributed by atoms with Crippen molar-refractivity contribution in [2.24, 2.45) is 5.18 Å². The molecule has 0 spiro atoms. The van der Waals surface area contributed by atoms with Gasteiger partial charge in [-0.1, -0.05) is 21.1 Å². The summed E-state index contributed by atoms with van der Waals surface area (Å²) in [5, 5.41) is 2.63. The molecule has 13 heavy (non-hydrogen) atoms. The first-order valence-electron chi connectivity index (χ1n) is 3.50. The highest BCUT2D eigenvalue weighted by Crippen LogP contribution is 2.27. The Hall–Kier alpha value is -0.970. The van der Waals surface area contributed by atoms with Crippen LogP contribution in [0, 0.1) is 10.7 Å². The summed E-state index contributed by atoms with van der Waals surface area (Å²) in [5.41, 5.74) is 0.217. The van der Waals surface area contributed by atoms with Gasteiger partial charge in [-0.3, -0.25) is 0 Å². The van der Waals surface area contributed by atoms with Crippen molar-refractivity contribution in [3.05, 3.63) is 32.9 Å². The minimum atomic E-state index is -0.545. The van der Waals surface area contributed by atoms with Crippen LogP contribution in [-0.2, 0) is 6.54 Å². The highest BCUT2D eigenvalue weighted by molar-refractivity contribution is 9.10. The monoisotopic (exact) mass is 247 g/mol. The predicted octanol–water partition coefficient (Wildman–Crippen LogP) is 2.86. The summed E-state index contributed by atoms with van der Waals surface area (Å²) >= 11 is 3.12. The average Bonchev–Trinajstić information content (AvgIpc) is 2.12. The third-order valence-corrected chi connectivity index (χ3v) is 2.34.